The fourth-order valence-electron chi connectivity index (χ4n) is 2.25. The maximum absolute atomic E-state index is 12.1. The molecular weight excluding hydrogens is 330 g/mol. The first-order valence-electron chi connectivity index (χ1n) is 8.37. The summed E-state index contributed by atoms with van der Waals surface area (Å²) in [5.41, 5.74) is 2.15. The van der Waals surface area contributed by atoms with Crippen molar-refractivity contribution in [2.75, 3.05) is 6.61 Å². The maximum atomic E-state index is 12.1. The molecule has 0 aliphatic carbocycles. The van der Waals surface area contributed by atoms with Crippen LogP contribution in [-0.2, 0) is 9.53 Å². The maximum Gasteiger partial charge on any atom is 0.347 e. The van der Waals surface area contributed by atoms with Gasteiger partial charge in [-0.25, -0.2) is 4.79 Å². The van der Waals surface area contributed by atoms with Crippen molar-refractivity contribution in [2.45, 2.75) is 32.8 Å². The van der Waals surface area contributed by atoms with Crippen LogP contribution in [0.1, 0.15) is 48.2 Å². The van der Waals surface area contributed by atoms with Crippen LogP contribution in [0.5, 0.6) is 5.75 Å². The van der Waals surface area contributed by atoms with E-state index in [4.69, 9.17) is 14.7 Å². The van der Waals surface area contributed by atoms with Crippen LogP contribution in [0, 0.1) is 11.3 Å². The summed E-state index contributed by atoms with van der Waals surface area (Å²) in [6.07, 6.45) is -0.862. The molecule has 5 nitrogen and oxygen atoms in total. The molecule has 2 aromatic rings. The van der Waals surface area contributed by atoms with Crippen molar-refractivity contribution in [3.05, 3.63) is 65.2 Å². The first-order valence-corrected chi connectivity index (χ1v) is 8.37. The number of rotatable bonds is 7. The van der Waals surface area contributed by atoms with Crippen LogP contribution in [0.2, 0.25) is 0 Å². The van der Waals surface area contributed by atoms with Crippen molar-refractivity contribution >= 4 is 11.8 Å². The Morgan fingerprint density at radius 3 is 2.15 bits per heavy atom. The van der Waals surface area contributed by atoms with Gasteiger partial charge >= 0.3 is 5.97 Å². The molecule has 0 aromatic heterocycles. The molecule has 0 fully saturated rings. The first kappa shape index (κ1) is 19.2. The van der Waals surface area contributed by atoms with Gasteiger partial charge in [0, 0.05) is 5.56 Å². The summed E-state index contributed by atoms with van der Waals surface area (Å²) in [7, 11) is 0. The summed E-state index contributed by atoms with van der Waals surface area (Å²) in [4.78, 5) is 24.1. The van der Waals surface area contributed by atoms with E-state index in [0.717, 1.165) is 5.56 Å². The molecule has 0 saturated carbocycles. The van der Waals surface area contributed by atoms with Gasteiger partial charge in [0.25, 0.3) is 0 Å². The number of benzene rings is 2. The number of nitriles is 1. The normalized spacial score (nSPS) is 11.5. The molecule has 0 heterocycles. The molecule has 1 atom stereocenters. The van der Waals surface area contributed by atoms with Gasteiger partial charge in [0.05, 0.1) is 11.6 Å². The van der Waals surface area contributed by atoms with Gasteiger partial charge in [-0.2, -0.15) is 5.26 Å². The topological polar surface area (TPSA) is 76.4 Å². The van der Waals surface area contributed by atoms with Crippen LogP contribution in [0.25, 0.3) is 0 Å². The zero-order valence-corrected chi connectivity index (χ0v) is 15.1. The van der Waals surface area contributed by atoms with E-state index in [2.05, 4.69) is 13.8 Å². The van der Waals surface area contributed by atoms with Gasteiger partial charge in [-0.1, -0.05) is 38.1 Å². The van der Waals surface area contributed by atoms with E-state index in [9.17, 15) is 9.59 Å². The largest absolute Gasteiger partial charge is 0.479 e. The molecule has 26 heavy (non-hydrogen) atoms. The summed E-state index contributed by atoms with van der Waals surface area (Å²) in [5.74, 6) is -0.0537. The Balaban J connectivity index is 1.86. The number of esters is 1. The highest BCUT2D eigenvalue weighted by Gasteiger charge is 2.18. The molecule has 2 rings (SSSR count). The smallest absolute Gasteiger partial charge is 0.347 e. The van der Waals surface area contributed by atoms with Crippen LogP contribution in [0.15, 0.2) is 48.5 Å². The molecule has 0 unspecified atom stereocenters. The zero-order chi connectivity index (χ0) is 19.1. The molecule has 0 N–H and O–H groups in total. The van der Waals surface area contributed by atoms with Crippen LogP contribution in [-0.4, -0.2) is 24.5 Å². The predicted molar refractivity (Wildman–Crippen MR) is 97.1 cm³/mol. The quantitative estimate of drug-likeness (QED) is 0.559. The molecule has 0 spiro atoms. The summed E-state index contributed by atoms with van der Waals surface area (Å²) in [6.45, 7) is 5.37. The minimum Gasteiger partial charge on any atom is -0.479 e. The van der Waals surface area contributed by atoms with Gasteiger partial charge in [-0.3, -0.25) is 4.79 Å². The molecule has 0 bridgehead atoms. The van der Waals surface area contributed by atoms with Gasteiger partial charge in [-0.05, 0) is 42.7 Å². The van der Waals surface area contributed by atoms with E-state index in [1.54, 1.807) is 43.3 Å². The van der Waals surface area contributed by atoms with Gasteiger partial charge in [0.15, 0.2) is 18.5 Å². The molecule has 134 valence electrons. The van der Waals surface area contributed by atoms with Crippen molar-refractivity contribution in [1.29, 1.82) is 5.26 Å². The molecule has 5 heteroatoms. The van der Waals surface area contributed by atoms with Crippen LogP contribution >= 0.6 is 0 Å². The lowest BCUT2D eigenvalue weighted by molar-refractivity contribution is -0.149. The van der Waals surface area contributed by atoms with Gasteiger partial charge in [-0.15, -0.1) is 0 Å². The summed E-state index contributed by atoms with van der Waals surface area (Å²) >= 11 is 0. The number of ether oxygens (including phenoxy) is 2. The number of hydrogen-bond acceptors (Lipinski definition) is 5. The molecule has 2 aromatic carbocycles. The highest BCUT2D eigenvalue weighted by Crippen LogP contribution is 2.16. The van der Waals surface area contributed by atoms with E-state index in [0.29, 0.717) is 22.8 Å². The van der Waals surface area contributed by atoms with E-state index >= 15 is 0 Å². The number of carbonyl (C=O) groups is 2. The average molecular weight is 351 g/mol. The molecule has 0 amide bonds. The Bertz CT molecular complexity index is 801. The molecule has 0 aliphatic heterocycles. The summed E-state index contributed by atoms with van der Waals surface area (Å²) in [5, 5.41) is 8.76. The van der Waals surface area contributed by atoms with Crippen molar-refractivity contribution in [1.82, 2.24) is 0 Å². The van der Waals surface area contributed by atoms with E-state index in [1.165, 1.54) is 0 Å². The molecule has 0 aliphatic rings. The van der Waals surface area contributed by atoms with Crippen molar-refractivity contribution < 1.29 is 19.1 Å². The first-order chi connectivity index (χ1) is 12.4. The Morgan fingerprint density at radius 2 is 1.62 bits per heavy atom. The third-order valence-electron chi connectivity index (χ3n) is 3.87. The second-order valence-electron chi connectivity index (χ2n) is 6.20. The Morgan fingerprint density at radius 1 is 1.00 bits per heavy atom. The van der Waals surface area contributed by atoms with Gasteiger partial charge < -0.3 is 9.47 Å². The second kappa shape index (κ2) is 8.82. The minimum absolute atomic E-state index is 0.265. The lowest BCUT2D eigenvalue weighted by Crippen LogP contribution is -2.28. The van der Waals surface area contributed by atoms with E-state index < -0.39 is 12.1 Å². The SMILES string of the molecule is CC(C)c1ccc(C(=O)COC(=O)[C@@H](C)Oc2ccc(C#N)cc2)cc1. The number of carbonyl (C=O) groups excluding carboxylic acids is 2. The van der Waals surface area contributed by atoms with Crippen molar-refractivity contribution in [3.63, 3.8) is 0 Å². The monoisotopic (exact) mass is 351 g/mol. The van der Waals surface area contributed by atoms with Crippen LogP contribution in [0.3, 0.4) is 0 Å². The lowest BCUT2D eigenvalue weighted by atomic mass is 10.0. The highest BCUT2D eigenvalue weighted by atomic mass is 16.6. The number of ketones is 1. The molecular formula is C21H21NO4. The van der Waals surface area contributed by atoms with Gasteiger partial charge in [0.2, 0.25) is 0 Å². The lowest BCUT2D eigenvalue weighted by Gasteiger charge is -2.14. The fraction of sp³-hybridized carbons (Fsp3) is 0.286. The van der Waals surface area contributed by atoms with Crippen LogP contribution in [0.4, 0.5) is 0 Å². The standard InChI is InChI=1S/C21H21NO4/c1-14(2)17-6-8-18(9-7-17)20(23)13-25-21(24)15(3)26-19-10-4-16(12-22)5-11-19/h4-11,14-15H,13H2,1-3H3/t15-/m1/s1. The van der Waals surface area contributed by atoms with Crippen LogP contribution < -0.4 is 4.74 Å². The Labute approximate surface area is 153 Å². The minimum atomic E-state index is -0.862. The second-order valence-corrected chi connectivity index (χ2v) is 6.20. The van der Waals surface area contributed by atoms with Crippen molar-refractivity contribution in [2.24, 2.45) is 0 Å². The molecule has 0 saturated heterocycles. The number of nitrogens with zero attached hydrogens (tertiary/aromatic N) is 1. The molecule has 0 radical (unpaired) electrons. The number of hydrogen-bond donors (Lipinski definition) is 0. The van der Waals surface area contributed by atoms with Gasteiger partial charge in [0.1, 0.15) is 5.75 Å². The Kier molecular flexibility index (Phi) is 6.51. The third-order valence-corrected chi connectivity index (χ3v) is 3.87. The fourth-order valence-corrected chi connectivity index (χ4v) is 2.25. The summed E-state index contributed by atoms with van der Waals surface area (Å²) in [6, 6.07) is 15.7. The van der Waals surface area contributed by atoms with E-state index in [1.807, 2.05) is 18.2 Å². The highest BCUT2D eigenvalue weighted by molar-refractivity contribution is 5.98. The third kappa shape index (κ3) is 5.18. The Hall–Kier alpha value is -3.13. The average Bonchev–Trinajstić information content (AvgIpc) is 2.66. The van der Waals surface area contributed by atoms with Crippen molar-refractivity contribution in [3.8, 4) is 11.8 Å². The predicted octanol–water partition coefficient (Wildman–Crippen LogP) is 3.88. The zero-order valence-electron chi connectivity index (χ0n) is 15.1. The number of Topliss-reactive ketones (excluding diaryl/α,β-unsaturated/α-hetero) is 1. The summed E-state index contributed by atoms with van der Waals surface area (Å²) < 4.78 is 10.5. The van der Waals surface area contributed by atoms with E-state index in [-0.39, 0.29) is 12.4 Å².